The molecule has 0 aliphatic carbocycles. The van der Waals surface area contributed by atoms with E-state index in [2.05, 4.69) is 5.32 Å². The minimum absolute atomic E-state index is 0.0767. The summed E-state index contributed by atoms with van der Waals surface area (Å²) < 4.78 is 13.7. The number of rotatable bonds is 5. The van der Waals surface area contributed by atoms with Crippen molar-refractivity contribution in [3.8, 4) is 0 Å². The van der Waals surface area contributed by atoms with Crippen LogP contribution in [0.5, 0.6) is 0 Å². The van der Waals surface area contributed by atoms with Crippen LogP contribution >= 0.6 is 0 Å². The molecule has 0 saturated carbocycles. The third-order valence-corrected chi connectivity index (χ3v) is 2.93. The maximum Gasteiger partial charge on any atom is 0.292 e. The van der Waals surface area contributed by atoms with E-state index in [4.69, 9.17) is 0 Å². The molecule has 0 aliphatic rings. The molecule has 0 heterocycles. The molecular formula is C12H17FN2O2. The molecule has 1 rings (SSSR count). The Kier molecular flexibility index (Phi) is 4.43. The molecule has 5 heteroatoms. The smallest absolute Gasteiger partial charge is 0.292 e. The summed E-state index contributed by atoms with van der Waals surface area (Å²) in [5, 5.41) is 13.6. The van der Waals surface area contributed by atoms with Gasteiger partial charge in [-0.2, -0.15) is 0 Å². The fourth-order valence-corrected chi connectivity index (χ4v) is 1.73. The van der Waals surface area contributed by atoms with Crippen LogP contribution in [0, 0.1) is 21.8 Å². The topological polar surface area (TPSA) is 55.2 Å². The predicted molar refractivity (Wildman–Crippen MR) is 65.8 cm³/mol. The van der Waals surface area contributed by atoms with Gasteiger partial charge in [0.25, 0.3) is 5.69 Å². The lowest BCUT2D eigenvalue weighted by molar-refractivity contribution is -0.384. The second-order valence-corrected chi connectivity index (χ2v) is 4.14. The Morgan fingerprint density at radius 1 is 1.53 bits per heavy atom. The highest BCUT2D eigenvalue weighted by Gasteiger charge is 2.20. The number of hydrogen-bond donors (Lipinski definition) is 1. The SMILES string of the molecule is CCC(C)Cc1c(F)ccc([N+](=O)[O-])c1NC. The first-order chi connectivity index (χ1) is 8.01. The van der Waals surface area contributed by atoms with E-state index in [1.807, 2.05) is 13.8 Å². The Hall–Kier alpha value is -1.65. The van der Waals surface area contributed by atoms with Gasteiger partial charge in [-0.15, -0.1) is 0 Å². The molecule has 0 aliphatic heterocycles. The normalized spacial score (nSPS) is 12.2. The van der Waals surface area contributed by atoms with Crippen LogP contribution in [0.1, 0.15) is 25.8 Å². The number of nitrogens with one attached hydrogen (secondary N) is 1. The summed E-state index contributed by atoms with van der Waals surface area (Å²) in [5.74, 6) is -0.0983. The second-order valence-electron chi connectivity index (χ2n) is 4.14. The van der Waals surface area contributed by atoms with Crippen molar-refractivity contribution in [1.29, 1.82) is 0 Å². The van der Waals surface area contributed by atoms with Gasteiger partial charge in [0.05, 0.1) is 4.92 Å². The lowest BCUT2D eigenvalue weighted by Crippen LogP contribution is -2.07. The van der Waals surface area contributed by atoms with E-state index in [1.54, 1.807) is 7.05 Å². The zero-order valence-electron chi connectivity index (χ0n) is 10.3. The van der Waals surface area contributed by atoms with E-state index in [0.29, 0.717) is 17.9 Å². The predicted octanol–water partition coefficient (Wildman–Crippen LogP) is 3.36. The van der Waals surface area contributed by atoms with Crippen LogP contribution in [0.25, 0.3) is 0 Å². The maximum absolute atomic E-state index is 13.7. The molecule has 17 heavy (non-hydrogen) atoms. The highest BCUT2D eigenvalue weighted by atomic mass is 19.1. The van der Waals surface area contributed by atoms with Crippen molar-refractivity contribution in [2.24, 2.45) is 5.92 Å². The van der Waals surface area contributed by atoms with Gasteiger partial charge < -0.3 is 5.32 Å². The quantitative estimate of drug-likeness (QED) is 0.634. The van der Waals surface area contributed by atoms with E-state index in [9.17, 15) is 14.5 Å². The van der Waals surface area contributed by atoms with E-state index >= 15 is 0 Å². The average Bonchev–Trinajstić information content (AvgIpc) is 2.30. The zero-order valence-corrected chi connectivity index (χ0v) is 10.3. The monoisotopic (exact) mass is 240 g/mol. The molecule has 94 valence electrons. The fraction of sp³-hybridized carbons (Fsp3) is 0.500. The molecule has 1 N–H and O–H groups in total. The number of nitrogens with zero attached hydrogens (tertiary/aromatic N) is 1. The highest BCUT2D eigenvalue weighted by Crippen LogP contribution is 2.32. The van der Waals surface area contributed by atoms with Crippen LogP contribution in [0.3, 0.4) is 0 Å². The molecule has 0 aromatic heterocycles. The van der Waals surface area contributed by atoms with Crippen molar-refractivity contribution in [1.82, 2.24) is 0 Å². The first-order valence-corrected chi connectivity index (χ1v) is 5.64. The van der Waals surface area contributed by atoms with Gasteiger partial charge in [-0.1, -0.05) is 20.3 Å². The lowest BCUT2D eigenvalue weighted by Gasteiger charge is -2.14. The van der Waals surface area contributed by atoms with Crippen LogP contribution in [-0.4, -0.2) is 12.0 Å². The molecule has 1 aromatic rings. The van der Waals surface area contributed by atoms with Gasteiger partial charge in [0.1, 0.15) is 11.5 Å². The van der Waals surface area contributed by atoms with Gasteiger partial charge in [0.15, 0.2) is 0 Å². The highest BCUT2D eigenvalue weighted by molar-refractivity contribution is 5.66. The summed E-state index contributed by atoms with van der Waals surface area (Å²) in [7, 11) is 1.57. The van der Waals surface area contributed by atoms with Crippen LogP contribution in [0.15, 0.2) is 12.1 Å². The number of nitro benzene ring substituents is 1. The van der Waals surface area contributed by atoms with Crippen LogP contribution < -0.4 is 5.32 Å². The summed E-state index contributed by atoms with van der Waals surface area (Å²) in [4.78, 5) is 10.3. The molecule has 0 spiro atoms. The largest absolute Gasteiger partial charge is 0.382 e. The molecule has 1 unspecified atom stereocenters. The average molecular weight is 240 g/mol. The van der Waals surface area contributed by atoms with Gasteiger partial charge in [0.2, 0.25) is 0 Å². The van der Waals surface area contributed by atoms with Gasteiger partial charge in [-0.05, 0) is 18.4 Å². The number of benzene rings is 1. The first kappa shape index (κ1) is 13.4. The Labute approximate surface area is 100.0 Å². The van der Waals surface area contributed by atoms with Gasteiger partial charge >= 0.3 is 0 Å². The molecule has 0 saturated heterocycles. The fourth-order valence-electron chi connectivity index (χ4n) is 1.73. The summed E-state index contributed by atoms with van der Waals surface area (Å²) in [6.07, 6.45) is 1.41. The zero-order chi connectivity index (χ0) is 13.0. The minimum atomic E-state index is -0.495. The summed E-state index contributed by atoms with van der Waals surface area (Å²) in [6.45, 7) is 4.01. The molecule has 0 bridgehead atoms. The van der Waals surface area contributed by atoms with Crippen molar-refractivity contribution in [3.63, 3.8) is 0 Å². The van der Waals surface area contributed by atoms with Crippen molar-refractivity contribution in [3.05, 3.63) is 33.6 Å². The first-order valence-electron chi connectivity index (χ1n) is 5.64. The second kappa shape index (κ2) is 5.61. The Morgan fingerprint density at radius 3 is 2.65 bits per heavy atom. The van der Waals surface area contributed by atoms with Crippen LogP contribution in [0.2, 0.25) is 0 Å². The number of hydrogen-bond acceptors (Lipinski definition) is 3. The molecule has 1 atom stereocenters. The van der Waals surface area contributed by atoms with E-state index in [0.717, 1.165) is 12.5 Å². The van der Waals surface area contributed by atoms with E-state index in [-0.39, 0.29) is 17.2 Å². The molecule has 0 amide bonds. The molecule has 0 fully saturated rings. The Bertz CT molecular complexity index is 421. The maximum atomic E-state index is 13.7. The van der Waals surface area contributed by atoms with Gasteiger partial charge in [-0.25, -0.2) is 4.39 Å². The van der Waals surface area contributed by atoms with Crippen molar-refractivity contribution < 1.29 is 9.31 Å². The van der Waals surface area contributed by atoms with Crippen molar-refractivity contribution in [2.75, 3.05) is 12.4 Å². The molecule has 1 aromatic carbocycles. The lowest BCUT2D eigenvalue weighted by atomic mass is 9.96. The van der Waals surface area contributed by atoms with Crippen LogP contribution in [0.4, 0.5) is 15.8 Å². The Balaban J connectivity index is 3.25. The third kappa shape index (κ3) is 2.93. The van der Waals surface area contributed by atoms with Gasteiger partial charge in [0, 0.05) is 18.7 Å². The molecule has 0 radical (unpaired) electrons. The number of nitro groups is 1. The van der Waals surface area contributed by atoms with Crippen molar-refractivity contribution in [2.45, 2.75) is 26.7 Å². The van der Waals surface area contributed by atoms with Gasteiger partial charge in [-0.3, -0.25) is 10.1 Å². The minimum Gasteiger partial charge on any atom is -0.382 e. The van der Waals surface area contributed by atoms with E-state index in [1.165, 1.54) is 6.07 Å². The number of anilines is 1. The summed E-state index contributed by atoms with van der Waals surface area (Å²) in [5.41, 5.74) is 0.610. The molecule has 4 nitrogen and oxygen atoms in total. The molecular weight excluding hydrogens is 223 g/mol. The Morgan fingerprint density at radius 2 is 2.18 bits per heavy atom. The summed E-state index contributed by atoms with van der Waals surface area (Å²) >= 11 is 0. The third-order valence-electron chi connectivity index (χ3n) is 2.93. The number of halogens is 1. The summed E-state index contributed by atoms with van der Waals surface area (Å²) in [6, 6.07) is 2.36. The van der Waals surface area contributed by atoms with E-state index < -0.39 is 4.92 Å². The van der Waals surface area contributed by atoms with Crippen LogP contribution in [-0.2, 0) is 6.42 Å². The van der Waals surface area contributed by atoms with Crippen molar-refractivity contribution >= 4 is 11.4 Å². The standard InChI is InChI=1S/C12H17FN2O2/c1-4-8(2)7-9-10(13)5-6-11(15(16)17)12(9)14-3/h5-6,8,14H,4,7H2,1-3H3.